The van der Waals surface area contributed by atoms with Crippen LogP contribution in [0.1, 0.15) is 6.92 Å². The third-order valence-electron chi connectivity index (χ3n) is 0.941. The standard InChI is InChI=1S/C5H8O3.C4H6O3/c1-2-3-8-5(7)4-6;1-2-3(5)4(6)7/h2-3,6H,4H2,1H3;2-3,5H,1H2,(H,6,7). The number of rotatable bonds is 4. The maximum absolute atomic E-state index is 10.0. The van der Waals surface area contributed by atoms with E-state index in [-0.39, 0.29) is 0 Å². The first-order chi connectivity index (χ1) is 6.99. The van der Waals surface area contributed by atoms with E-state index in [2.05, 4.69) is 11.3 Å². The van der Waals surface area contributed by atoms with Crippen LogP contribution in [0.3, 0.4) is 0 Å². The highest BCUT2D eigenvalue weighted by Crippen LogP contribution is 1.79. The zero-order valence-corrected chi connectivity index (χ0v) is 8.29. The van der Waals surface area contributed by atoms with E-state index in [0.29, 0.717) is 0 Å². The maximum Gasteiger partial charge on any atom is 0.336 e. The van der Waals surface area contributed by atoms with E-state index in [1.165, 1.54) is 6.26 Å². The van der Waals surface area contributed by atoms with Crippen LogP contribution in [-0.4, -0.2) is 40.0 Å². The Hall–Kier alpha value is -1.66. The van der Waals surface area contributed by atoms with Crippen molar-refractivity contribution in [3.05, 3.63) is 25.0 Å². The predicted octanol–water partition coefficient (Wildman–Crippen LogP) is -0.327. The van der Waals surface area contributed by atoms with Gasteiger partial charge in [0.05, 0.1) is 6.26 Å². The van der Waals surface area contributed by atoms with Gasteiger partial charge < -0.3 is 20.1 Å². The minimum absolute atomic E-state index is 0.565. The summed E-state index contributed by atoms with van der Waals surface area (Å²) in [7, 11) is 0. The number of hydrogen-bond acceptors (Lipinski definition) is 5. The molecule has 0 fully saturated rings. The molecule has 1 unspecified atom stereocenters. The number of carboxylic acid groups (broad SMARTS) is 1. The molecule has 0 saturated heterocycles. The number of hydrogen-bond donors (Lipinski definition) is 3. The molecule has 0 aliphatic rings. The Labute approximate surface area is 87.1 Å². The van der Waals surface area contributed by atoms with Gasteiger partial charge in [0, 0.05) is 0 Å². The molecule has 3 N–H and O–H groups in total. The SMILES string of the molecule is C=CC(O)C(=O)O.CC=COC(=O)CO. The zero-order chi connectivity index (χ0) is 12.3. The molecule has 86 valence electrons. The summed E-state index contributed by atoms with van der Waals surface area (Å²) in [5, 5.41) is 24.1. The first-order valence-corrected chi connectivity index (χ1v) is 3.94. The molecule has 0 aromatic heterocycles. The molecule has 0 amide bonds. The topological polar surface area (TPSA) is 104 Å². The van der Waals surface area contributed by atoms with Crippen LogP contribution in [0.15, 0.2) is 25.0 Å². The Morgan fingerprint density at radius 1 is 1.53 bits per heavy atom. The normalized spacial score (nSPS) is 11.1. The van der Waals surface area contributed by atoms with Gasteiger partial charge in [-0.25, -0.2) is 9.59 Å². The van der Waals surface area contributed by atoms with Crippen molar-refractivity contribution in [3.63, 3.8) is 0 Å². The molecule has 0 aromatic carbocycles. The van der Waals surface area contributed by atoms with E-state index >= 15 is 0 Å². The largest absolute Gasteiger partial charge is 0.479 e. The summed E-state index contributed by atoms with van der Waals surface area (Å²) in [6, 6.07) is 0. The molecule has 15 heavy (non-hydrogen) atoms. The number of carboxylic acids is 1. The second kappa shape index (κ2) is 10.4. The number of aliphatic hydroxyl groups is 2. The first-order valence-electron chi connectivity index (χ1n) is 3.94. The van der Waals surface area contributed by atoms with Gasteiger partial charge in [0.2, 0.25) is 0 Å². The van der Waals surface area contributed by atoms with Crippen LogP contribution in [-0.2, 0) is 14.3 Å². The predicted molar refractivity (Wildman–Crippen MR) is 51.8 cm³/mol. The number of ether oxygens (including phenoxy) is 1. The van der Waals surface area contributed by atoms with Gasteiger partial charge in [0.1, 0.15) is 6.61 Å². The van der Waals surface area contributed by atoms with Gasteiger partial charge >= 0.3 is 11.9 Å². The van der Waals surface area contributed by atoms with Gasteiger partial charge in [0.15, 0.2) is 6.10 Å². The molecule has 0 saturated carbocycles. The molecule has 0 spiro atoms. The molecule has 0 radical (unpaired) electrons. The summed E-state index contributed by atoms with van der Waals surface area (Å²) >= 11 is 0. The molecule has 0 rings (SSSR count). The Morgan fingerprint density at radius 3 is 2.27 bits per heavy atom. The quantitative estimate of drug-likeness (QED) is 0.339. The van der Waals surface area contributed by atoms with Crippen LogP contribution in [0.25, 0.3) is 0 Å². The van der Waals surface area contributed by atoms with Gasteiger partial charge in [-0.05, 0) is 6.92 Å². The number of allylic oxidation sites excluding steroid dienone is 1. The number of carbonyl (C=O) groups is 2. The fraction of sp³-hybridized carbons (Fsp3) is 0.333. The summed E-state index contributed by atoms with van der Waals surface area (Å²) in [4.78, 5) is 19.7. The average molecular weight is 218 g/mol. The summed E-state index contributed by atoms with van der Waals surface area (Å²) in [5.74, 6) is -1.90. The molecule has 0 aliphatic carbocycles. The molecule has 0 heterocycles. The van der Waals surface area contributed by atoms with Crippen LogP contribution in [0.5, 0.6) is 0 Å². The van der Waals surface area contributed by atoms with Crippen molar-refractivity contribution >= 4 is 11.9 Å². The summed E-state index contributed by atoms with van der Waals surface area (Å²) < 4.78 is 4.27. The van der Waals surface area contributed by atoms with E-state index in [1.54, 1.807) is 13.0 Å². The minimum Gasteiger partial charge on any atom is -0.479 e. The summed E-state index contributed by atoms with van der Waals surface area (Å²) in [5.41, 5.74) is 0. The van der Waals surface area contributed by atoms with E-state index in [0.717, 1.165) is 6.08 Å². The summed E-state index contributed by atoms with van der Waals surface area (Å²) in [6.45, 7) is 4.20. The maximum atomic E-state index is 10.0. The van der Waals surface area contributed by atoms with Crippen molar-refractivity contribution in [2.24, 2.45) is 0 Å². The lowest BCUT2D eigenvalue weighted by atomic mass is 10.4. The van der Waals surface area contributed by atoms with Crippen molar-refractivity contribution in [3.8, 4) is 0 Å². The highest BCUT2D eigenvalue weighted by molar-refractivity contribution is 5.73. The van der Waals surface area contributed by atoms with Crippen LogP contribution >= 0.6 is 0 Å². The second-order valence-corrected chi connectivity index (χ2v) is 2.14. The molecule has 0 aromatic rings. The van der Waals surface area contributed by atoms with E-state index in [9.17, 15) is 9.59 Å². The lowest BCUT2D eigenvalue weighted by Gasteiger charge is -1.91. The van der Waals surface area contributed by atoms with Crippen LogP contribution in [0.4, 0.5) is 0 Å². The molecule has 6 nitrogen and oxygen atoms in total. The van der Waals surface area contributed by atoms with Crippen molar-refractivity contribution in [2.75, 3.05) is 6.61 Å². The van der Waals surface area contributed by atoms with Crippen LogP contribution < -0.4 is 0 Å². The number of esters is 1. The Kier molecular flexibility index (Phi) is 11.0. The third-order valence-corrected chi connectivity index (χ3v) is 0.941. The van der Waals surface area contributed by atoms with Crippen molar-refractivity contribution in [1.29, 1.82) is 0 Å². The van der Waals surface area contributed by atoms with Crippen LogP contribution in [0, 0.1) is 0 Å². The monoisotopic (exact) mass is 218 g/mol. The Morgan fingerprint density at radius 2 is 2.07 bits per heavy atom. The fourth-order valence-electron chi connectivity index (χ4n) is 0.282. The lowest BCUT2D eigenvalue weighted by Crippen LogP contribution is -2.15. The molecular weight excluding hydrogens is 204 g/mol. The van der Waals surface area contributed by atoms with E-state index < -0.39 is 24.6 Å². The number of aliphatic carboxylic acids is 1. The highest BCUT2D eigenvalue weighted by atomic mass is 16.5. The molecule has 0 bridgehead atoms. The average Bonchev–Trinajstić information content (AvgIpc) is 2.25. The third kappa shape index (κ3) is 12.3. The zero-order valence-electron chi connectivity index (χ0n) is 8.29. The highest BCUT2D eigenvalue weighted by Gasteiger charge is 2.04. The van der Waals surface area contributed by atoms with E-state index in [1.807, 2.05) is 0 Å². The van der Waals surface area contributed by atoms with Crippen molar-refractivity contribution < 1.29 is 29.6 Å². The smallest absolute Gasteiger partial charge is 0.336 e. The first kappa shape index (κ1) is 15.8. The molecule has 1 atom stereocenters. The van der Waals surface area contributed by atoms with Gasteiger partial charge in [-0.3, -0.25) is 0 Å². The van der Waals surface area contributed by atoms with Crippen LogP contribution in [0.2, 0.25) is 0 Å². The molecule has 0 aliphatic heterocycles. The Balaban J connectivity index is 0. The second-order valence-electron chi connectivity index (χ2n) is 2.14. The fourth-order valence-corrected chi connectivity index (χ4v) is 0.282. The van der Waals surface area contributed by atoms with Crippen molar-refractivity contribution in [1.82, 2.24) is 0 Å². The van der Waals surface area contributed by atoms with Gasteiger partial charge in [-0.1, -0.05) is 18.7 Å². The Bertz CT molecular complexity index is 233. The number of aliphatic hydroxyl groups excluding tert-OH is 2. The van der Waals surface area contributed by atoms with Gasteiger partial charge in [-0.2, -0.15) is 0 Å². The molecular formula is C9H14O6. The number of carbonyl (C=O) groups excluding carboxylic acids is 1. The lowest BCUT2D eigenvalue weighted by molar-refractivity contribution is -0.144. The van der Waals surface area contributed by atoms with Gasteiger partial charge in [-0.15, -0.1) is 0 Å². The van der Waals surface area contributed by atoms with E-state index in [4.69, 9.17) is 15.3 Å². The van der Waals surface area contributed by atoms with Crippen molar-refractivity contribution in [2.45, 2.75) is 13.0 Å². The minimum atomic E-state index is -1.42. The summed E-state index contributed by atoms with van der Waals surface area (Å²) in [6.07, 6.45) is 2.31. The molecule has 6 heteroatoms. The van der Waals surface area contributed by atoms with Gasteiger partial charge in [0.25, 0.3) is 0 Å².